The minimum atomic E-state index is -3.88. The van der Waals surface area contributed by atoms with Gasteiger partial charge < -0.3 is 15.6 Å². The minimum absolute atomic E-state index is 0. The van der Waals surface area contributed by atoms with Crippen molar-refractivity contribution in [1.82, 2.24) is 0 Å². The summed E-state index contributed by atoms with van der Waals surface area (Å²) in [5, 5.41) is 0. The van der Waals surface area contributed by atoms with Gasteiger partial charge in [-0.25, -0.2) is 9.59 Å². The Labute approximate surface area is 266 Å². The van der Waals surface area contributed by atoms with E-state index in [1.165, 1.54) is 13.8 Å². The van der Waals surface area contributed by atoms with Crippen LogP contribution in [0.25, 0.3) is 0 Å². The second-order valence-corrected chi connectivity index (χ2v) is 10.9. The first kappa shape index (κ1) is 38.6. The molecule has 37 heavy (non-hydrogen) atoms. The molecule has 1 N–H and O–H groups in total. The summed E-state index contributed by atoms with van der Waals surface area (Å²) in [6.45, 7) is 11.7. The second kappa shape index (κ2) is 21.3. The first-order valence-corrected chi connectivity index (χ1v) is 14.2. The maximum absolute atomic E-state index is 13.1. The molecule has 0 unspecified atom stereocenters. The van der Waals surface area contributed by atoms with Crippen molar-refractivity contribution in [2.24, 2.45) is 5.41 Å². The van der Waals surface area contributed by atoms with E-state index < -0.39 is 33.4 Å². The van der Waals surface area contributed by atoms with Crippen LogP contribution in [0.2, 0.25) is 0 Å². The van der Waals surface area contributed by atoms with Gasteiger partial charge in [0.15, 0.2) is 0 Å². The summed E-state index contributed by atoms with van der Waals surface area (Å²) in [5.41, 5.74) is -0.913. The SMILES string of the molecule is C=C(C)C(=O)OCC(CCCC)(COC(=O)C(=C)C)C(=O)OCCCCCCCCCCS(=O)(=O)O.[H-].[K+]. The van der Waals surface area contributed by atoms with Crippen molar-refractivity contribution in [3.8, 4) is 0 Å². The molecule has 0 aromatic rings. The van der Waals surface area contributed by atoms with Gasteiger partial charge in [-0.15, -0.1) is 0 Å². The molecule has 0 fully saturated rings. The third kappa shape index (κ3) is 19.2. The molecule has 0 aliphatic rings. The molecule has 0 atom stereocenters. The van der Waals surface area contributed by atoms with Gasteiger partial charge in [-0.1, -0.05) is 71.4 Å². The van der Waals surface area contributed by atoms with Crippen LogP contribution in [-0.4, -0.2) is 56.5 Å². The molecule has 0 aliphatic carbocycles. The molecule has 0 saturated heterocycles. The minimum Gasteiger partial charge on any atom is -1.00 e. The smallest absolute Gasteiger partial charge is 1.00 e. The Balaban J connectivity index is -0.00000612. The summed E-state index contributed by atoms with van der Waals surface area (Å²) < 4.78 is 46.2. The van der Waals surface area contributed by atoms with Gasteiger partial charge in [-0.3, -0.25) is 9.35 Å². The molecule has 0 aromatic heterocycles. The zero-order valence-corrected chi connectivity index (χ0v) is 27.1. The van der Waals surface area contributed by atoms with Crippen LogP contribution in [0.15, 0.2) is 24.3 Å². The maximum Gasteiger partial charge on any atom is 1.00 e. The molecule has 0 heterocycles. The summed E-state index contributed by atoms with van der Waals surface area (Å²) in [4.78, 5) is 37.1. The van der Waals surface area contributed by atoms with Crippen LogP contribution in [0.4, 0.5) is 0 Å². The van der Waals surface area contributed by atoms with Crippen LogP contribution in [0.5, 0.6) is 0 Å². The number of esters is 3. The predicted octanol–water partition coefficient (Wildman–Crippen LogP) is 2.07. The molecule has 0 bridgehead atoms. The zero-order valence-electron chi connectivity index (χ0n) is 24.1. The Bertz CT molecular complexity index is 814. The Kier molecular flexibility index (Phi) is 22.2. The summed E-state index contributed by atoms with van der Waals surface area (Å²) in [7, 11) is -3.88. The number of unbranched alkanes of at least 4 members (excludes halogenated alkanes) is 8. The van der Waals surface area contributed by atoms with E-state index in [-0.39, 0.29) is 89.5 Å². The zero-order chi connectivity index (χ0) is 27.6. The fourth-order valence-corrected chi connectivity index (χ4v) is 3.91. The molecule has 0 saturated carbocycles. The van der Waals surface area contributed by atoms with Gasteiger partial charge in [-0.05, 0) is 33.1 Å². The number of hydrogen-bond acceptors (Lipinski definition) is 8. The van der Waals surface area contributed by atoms with Crippen molar-refractivity contribution in [3.05, 3.63) is 24.3 Å². The van der Waals surface area contributed by atoms with Gasteiger partial charge in [0.1, 0.15) is 18.6 Å². The van der Waals surface area contributed by atoms with Crippen LogP contribution in [-0.2, 0) is 38.7 Å². The first-order chi connectivity index (χ1) is 16.8. The van der Waals surface area contributed by atoms with Crippen LogP contribution in [0.1, 0.15) is 92.8 Å². The van der Waals surface area contributed by atoms with Gasteiger partial charge in [-0.2, -0.15) is 8.42 Å². The van der Waals surface area contributed by atoms with Gasteiger partial charge in [0.05, 0.1) is 12.4 Å². The summed E-state index contributed by atoms with van der Waals surface area (Å²) in [6.07, 6.45) is 8.28. The van der Waals surface area contributed by atoms with Gasteiger partial charge in [0.2, 0.25) is 0 Å². The summed E-state index contributed by atoms with van der Waals surface area (Å²) in [6, 6.07) is 0. The van der Waals surface area contributed by atoms with E-state index in [9.17, 15) is 22.8 Å². The van der Waals surface area contributed by atoms with Crippen LogP contribution in [0.3, 0.4) is 0 Å². The number of carbonyl (C=O) groups is 3. The van der Waals surface area contributed by atoms with Gasteiger partial charge in [0, 0.05) is 11.1 Å². The fraction of sp³-hybridized carbons (Fsp3) is 0.731. The monoisotopic (exact) mass is 572 g/mol. The molecule has 0 aromatic carbocycles. The number of carbonyl (C=O) groups excluding carboxylic acids is 3. The standard InChI is InChI=1S/C26H44O9S.K.H/c1-6-7-16-26(19-34-23(27)21(2)3,20-35-24(28)22(4)5)25(29)33-17-14-12-10-8-9-11-13-15-18-36(30,31)32;;/h2,4,6-20H2,1,3,5H3,(H,30,31,32);;/q;+1;-1. The van der Waals surface area contributed by atoms with E-state index in [0.29, 0.717) is 25.7 Å². The fourth-order valence-electron chi connectivity index (χ4n) is 3.34. The van der Waals surface area contributed by atoms with Crippen molar-refractivity contribution in [1.29, 1.82) is 0 Å². The summed E-state index contributed by atoms with van der Waals surface area (Å²) >= 11 is 0. The van der Waals surface area contributed by atoms with E-state index in [1.807, 2.05) is 6.92 Å². The quantitative estimate of drug-likeness (QED) is 0.0548. The van der Waals surface area contributed by atoms with Crippen molar-refractivity contribution < 1.29 is 94.4 Å². The Morgan fingerprint density at radius 1 is 0.784 bits per heavy atom. The second-order valence-electron chi connectivity index (χ2n) is 9.35. The van der Waals surface area contributed by atoms with Gasteiger partial charge in [0.25, 0.3) is 10.1 Å². The van der Waals surface area contributed by atoms with Crippen molar-refractivity contribution >= 4 is 28.0 Å². The number of ether oxygens (including phenoxy) is 3. The topological polar surface area (TPSA) is 133 Å². The molecular weight excluding hydrogens is 527 g/mol. The molecule has 0 radical (unpaired) electrons. The Morgan fingerprint density at radius 2 is 1.22 bits per heavy atom. The number of rotatable bonds is 21. The third-order valence-electron chi connectivity index (χ3n) is 5.63. The largest absolute Gasteiger partial charge is 1.00 e. The van der Waals surface area contributed by atoms with E-state index in [0.717, 1.165) is 44.9 Å². The average molecular weight is 573 g/mol. The van der Waals surface area contributed by atoms with Crippen LogP contribution < -0.4 is 51.4 Å². The summed E-state index contributed by atoms with van der Waals surface area (Å²) in [5.74, 6) is -2.03. The van der Waals surface area contributed by atoms with E-state index in [1.54, 1.807) is 0 Å². The van der Waals surface area contributed by atoms with Crippen molar-refractivity contribution in [2.75, 3.05) is 25.6 Å². The molecule has 0 rings (SSSR count). The van der Waals surface area contributed by atoms with E-state index >= 15 is 0 Å². The molecule has 0 aliphatic heterocycles. The van der Waals surface area contributed by atoms with E-state index in [4.69, 9.17) is 18.8 Å². The maximum atomic E-state index is 13.1. The molecule has 9 nitrogen and oxygen atoms in total. The van der Waals surface area contributed by atoms with Crippen molar-refractivity contribution in [3.63, 3.8) is 0 Å². The Morgan fingerprint density at radius 3 is 1.62 bits per heavy atom. The molecule has 0 amide bonds. The predicted molar refractivity (Wildman–Crippen MR) is 139 cm³/mol. The molecule has 11 heteroatoms. The number of hydrogen-bond donors (Lipinski definition) is 1. The normalized spacial score (nSPS) is 11.2. The Hall–Kier alpha value is -0.564. The van der Waals surface area contributed by atoms with Crippen molar-refractivity contribution in [2.45, 2.75) is 91.4 Å². The van der Waals surface area contributed by atoms with E-state index in [2.05, 4.69) is 13.2 Å². The average Bonchev–Trinajstić information content (AvgIpc) is 2.80. The van der Waals surface area contributed by atoms with Crippen LogP contribution >= 0.6 is 0 Å². The van der Waals surface area contributed by atoms with Gasteiger partial charge >= 0.3 is 69.3 Å². The molecule has 0 spiro atoms. The third-order valence-corrected chi connectivity index (χ3v) is 6.43. The molecular formula is C26H45KO9S. The van der Waals surface area contributed by atoms with Crippen LogP contribution in [0, 0.1) is 5.41 Å². The first-order valence-electron chi connectivity index (χ1n) is 12.6. The molecule has 210 valence electrons.